The summed E-state index contributed by atoms with van der Waals surface area (Å²) in [6, 6.07) is 6.88. The van der Waals surface area contributed by atoms with E-state index in [1.807, 2.05) is 27.7 Å². The highest BCUT2D eigenvalue weighted by atomic mass is 16.3. The second-order valence-corrected chi connectivity index (χ2v) is 14.2. The largest absolute Gasteiger partial charge is 0.389 e. The highest BCUT2D eigenvalue weighted by Gasteiger charge is 2.39. The van der Waals surface area contributed by atoms with Gasteiger partial charge in [0.25, 0.3) is 0 Å². The van der Waals surface area contributed by atoms with Crippen LogP contribution in [0.25, 0.3) is 0 Å². The number of amides is 1. The van der Waals surface area contributed by atoms with Crippen LogP contribution in [0.5, 0.6) is 0 Å². The third-order valence-electron chi connectivity index (χ3n) is 10.0. The molecule has 1 saturated heterocycles. The van der Waals surface area contributed by atoms with E-state index in [0.29, 0.717) is 17.8 Å². The van der Waals surface area contributed by atoms with E-state index in [1.165, 1.54) is 82.6 Å². The third kappa shape index (κ3) is 8.80. The van der Waals surface area contributed by atoms with Crippen LogP contribution in [0.2, 0.25) is 0 Å². The Kier molecular flexibility index (Phi) is 11.9. The quantitative estimate of drug-likeness (QED) is 0.206. The summed E-state index contributed by atoms with van der Waals surface area (Å²) in [5, 5.41) is 14.0. The standard InChI is InChI=1S/C35H60N2O2/c1-8-9-10-11-12-13-14-15-16-23-37-25-29(20-22-32(37)35(6,7)39)27(3)18-17-26(2)28-19-21-30-31(24-28)36-33(38)34(30,4)5/h19,21,24,26-27,29,32,39H,8-18,20,22-23,25H2,1-7H3,(H,36,38). The number of aliphatic hydroxyl groups is 1. The molecular weight excluding hydrogens is 480 g/mol. The number of nitrogens with one attached hydrogen (secondary N) is 1. The lowest BCUT2D eigenvalue weighted by Crippen LogP contribution is -2.54. The second kappa shape index (κ2) is 14.5. The monoisotopic (exact) mass is 540 g/mol. The Morgan fingerprint density at radius 3 is 2.28 bits per heavy atom. The van der Waals surface area contributed by atoms with Crippen molar-refractivity contribution in [2.24, 2.45) is 11.8 Å². The van der Waals surface area contributed by atoms with Crippen molar-refractivity contribution < 1.29 is 9.90 Å². The number of benzene rings is 1. The molecule has 0 radical (unpaired) electrons. The molecule has 0 saturated carbocycles. The molecule has 2 aliphatic rings. The fourth-order valence-electron chi connectivity index (χ4n) is 7.04. The number of carbonyl (C=O) groups excluding carboxylic acids is 1. The number of carbonyl (C=O) groups is 1. The molecule has 2 heterocycles. The van der Waals surface area contributed by atoms with Gasteiger partial charge in [0, 0.05) is 18.3 Å². The van der Waals surface area contributed by atoms with Crippen LogP contribution in [0.1, 0.15) is 149 Å². The molecular formula is C35H60N2O2. The van der Waals surface area contributed by atoms with Crippen molar-refractivity contribution in [3.63, 3.8) is 0 Å². The zero-order valence-electron chi connectivity index (χ0n) is 26.5. The number of nitrogens with zero attached hydrogens (tertiary/aromatic N) is 1. The van der Waals surface area contributed by atoms with Crippen LogP contribution < -0.4 is 5.32 Å². The molecule has 0 bridgehead atoms. The molecule has 222 valence electrons. The van der Waals surface area contributed by atoms with E-state index in [-0.39, 0.29) is 11.9 Å². The topological polar surface area (TPSA) is 52.6 Å². The summed E-state index contributed by atoms with van der Waals surface area (Å²) in [7, 11) is 0. The Balaban J connectivity index is 1.47. The average molecular weight is 541 g/mol. The molecule has 1 amide bonds. The van der Waals surface area contributed by atoms with E-state index < -0.39 is 11.0 Å². The molecule has 0 aromatic heterocycles. The maximum atomic E-state index is 12.4. The van der Waals surface area contributed by atoms with Crippen LogP contribution in [0, 0.1) is 11.8 Å². The van der Waals surface area contributed by atoms with Gasteiger partial charge in [-0.1, -0.05) is 84.3 Å². The van der Waals surface area contributed by atoms with Gasteiger partial charge in [0.2, 0.25) is 5.91 Å². The maximum Gasteiger partial charge on any atom is 0.234 e. The Bertz CT molecular complexity index is 902. The smallest absolute Gasteiger partial charge is 0.234 e. The van der Waals surface area contributed by atoms with Crippen molar-refractivity contribution in [2.45, 2.75) is 155 Å². The minimum absolute atomic E-state index is 0.101. The summed E-state index contributed by atoms with van der Waals surface area (Å²) in [5.74, 6) is 1.96. The first-order valence-electron chi connectivity index (χ1n) is 16.4. The van der Waals surface area contributed by atoms with Crippen molar-refractivity contribution >= 4 is 11.6 Å². The van der Waals surface area contributed by atoms with Gasteiger partial charge in [-0.25, -0.2) is 0 Å². The van der Waals surface area contributed by atoms with Gasteiger partial charge in [0.1, 0.15) is 0 Å². The van der Waals surface area contributed by atoms with Crippen molar-refractivity contribution in [1.82, 2.24) is 4.90 Å². The summed E-state index contributed by atoms with van der Waals surface area (Å²) >= 11 is 0. The molecule has 4 unspecified atom stereocenters. The first-order chi connectivity index (χ1) is 18.4. The average Bonchev–Trinajstić information content (AvgIpc) is 3.12. The molecule has 4 heteroatoms. The van der Waals surface area contributed by atoms with E-state index in [9.17, 15) is 9.90 Å². The minimum atomic E-state index is -0.639. The van der Waals surface area contributed by atoms with Crippen LogP contribution in [0.4, 0.5) is 5.69 Å². The Labute approximate surface area is 240 Å². The van der Waals surface area contributed by atoms with Gasteiger partial charge in [-0.3, -0.25) is 9.69 Å². The van der Waals surface area contributed by atoms with Gasteiger partial charge in [0.15, 0.2) is 0 Å². The lowest BCUT2D eigenvalue weighted by Gasteiger charge is -2.46. The van der Waals surface area contributed by atoms with E-state index in [0.717, 1.165) is 30.8 Å². The number of fused-ring (bicyclic) bond motifs is 1. The number of rotatable bonds is 16. The van der Waals surface area contributed by atoms with Crippen LogP contribution in [-0.4, -0.2) is 40.6 Å². The molecule has 4 atom stereocenters. The van der Waals surface area contributed by atoms with E-state index in [4.69, 9.17) is 0 Å². The third-order valence-corrected chi connectivity index (χ3v) is 10.0. The summed E-state index contributed by atoms with van der Waals surface area (Å²) < 4.78 is 0. The van der Waals surface area contributed by atoms with Crippen LogP contribution in [0.15, 0.2) is 18.2 Å². The van der Waals surface area contributed by atoms with Gasteiger partial charge >= 0.3 is 0 Å². The van der Waals surface area contributed by atoms with Gasteiger partial charge in [-0.05, 0) is 101 Å². The number of hydrogen-bond acceptors (Lipinski definition) is 3. The number of hydrogen-bond donors (Lipinski definition) is 2. The summed E-state index contributed by atoms with van der Waals surface area (Å²) in [6.07, 6.45) is 16.9. The molecule has 2 N–H and O–H groups in total. The van der Waals surface area contributed by atoms with Crippen molar-refractivity contribution in [3.8, 4) is 0 Å². The summed E-state index contributed by atoms with van der Waals surface area (Å²) in [4.78, 5) is 15.0. The number of piperidine rings is 1. The number of anilines is 1. The van der Waals surface area contributed by atoms with E-state index in [2.05, 4.69) is 49.2 Å². The lowest BCUT2D eigenvalue weighted by molar-refractivity contribution is -0.119. The summed E-state index contributed by atoms with van der Waals surface area (Å²) in [6.45, 7) is 17.3. The van der Waals surface area contributed by atoms with Gasteiger partial charge < -0.3 is 10.4 Å². The van der Waals surface area contributed by atoms with Crippen LogP contribution >= 0.6 is 0 Å². The zero-order valence-corrected chi connectivity index (χ0v) is 26.5. The van der Waals surface area contributed by atoms with Crippen molar-refractivity contribution in [1.29, 1.82) is 0 Å². The molecule has 1 fully saturated rings. The zero-order chi connectivity index (χ0) is 28.6. The lowest BCUT2D eigenvalue weighted by atomic mass is 9.77. The molecule has 2 aliphatic heterocycles. The fraction of sp³-hybridized carbons (Fsp3) is 0.800. The predicted octanol–water partition coefficient (Wildman–Crippen LogP) is 8.82. The van der Waals surface area contributed by atoms with Crippen molar-refractivity contribution in [2.75, 3.05) is 18.4 Å². The van der Waals surface area contributed by atoms with Crippen molar-refractivity contribution in [3.05, 3.63) is 29.3 Å². The molecule has 4 nitrogen and oxygen atoms in total. The number of unbranched alkanes of at least 4 members (excludes halogenated alkanes) is 8. The molecule has 1 aromatic carbocycles. The van der Waals surface area contributed by atoms with E-state index >= 15 is 0 Å². The molecule has 1 aromatic rings. The van der Waals surface area contributed by atoms with Gasteiger partial charge in [0.05, 0.1) is 11.0 Å². The summed E-state index contributed by atoms with van der Waals surface area (Å²) in [5.41, 5.74) is 2.37. The van der Waals surface area contributed by atoms with Gasteiger partial charge in [-0.2, -0.15) is 0 Å². The molecule has 0 aliphatic carbocycles. The van der Waals surface area contributed by atoms with Gasteiger partial charge in [-0.15, -0.1) is 0 Å². The predicted molar refractivity (Wildman–Crippen MR) is 167 cm³/mol. The van der Waals surface area contributed by atoms with Crippen LogP contribution in [0.3, 0.4) is 0 Å². The highest BCUT2D eigenvalue weighted by molar-refractivity contribution is 6.05. The normalized spacial score (nSPS) is 22.9. The Hall–Kier alpha value is -1.39. The minimum Gasteiger partial charge on any atom is -0.389 e. The first kappa shape index (κ1) is 32.1. The molecule has 3 rings (SSSR count). The van der Waals surface area contributed by atoms with E-state index in [1.54, 1.807) is 0 Å². The SMILES string of the molecule is CCCCCCCCCCCN1CC(C(C)CCC(C)c2ccc3c(c2)NC(=O)C3(C)C)CCC1C(C)(C)O. The first-order valence-corrected chi connectivity index (χ1v) is 16.4. The number of likely N-dealkylation sites (tertiary alicyclic amines) is 1. The Morgan fingerprint density at radius 2 is 1.64 bits per heavy atom. The Morgan fingerprint density at radius 1 is 1.00 bits per heavy atom. The highest BCUT2D eigenvalue weighted by Crippen LogP contribution is 2.40. The maximum absolute atomic E-state index is 12.4. The molecule has 39 heavy (non-hydrogen) atoms. The fourth-order valence-corrected chi connectivity index (χ4v) is 7.04. The molecule has 0 spiro atoms. The second-order valence-electron chi connectivity index (χ2n) is 14.2. The van der Waals surface area contributed by atoms with Crippen LogP contribution in [-0.2, 0) is 10.2 Å².